The summed E-state index contributed by atoms with van der Waals surface area (Å²) in [7, 11) is 0. The number of fused-ring (bicyclic) bond motifs is 1. The van der Waals surface area contributed by atoms with Gasteiger partial charge >= 0.3 is 0 Å². The fourth-order valence-electron chi connectivity index (χ4n) is 4.21. The molecule has 6 aromatic rings. The first-order valence-corrected chi connectivity index (χ1v) is 11.4. The molecule has 0 fully saturated rings. The summed E-state index contributed by atoms with van der Waals surface area (Å²) in [6.07, 6.45) is 3.89. The van der Waals surface area contributed by atoms with E-state index in [0.29, 0.717) is 23.2 Å². The summed E-state index contributed by atoms with van der Waals surface area (Å²) in [5, 5.41) is 13.4. The van der Waals surface area contributed by atoms with Crippen molar-refractivity contribution in [2.24, 2.45) is 0 Å². The molecule has 36 heavy (non-hydrogen) atoms. The van der Waals surface area contributed by atoms with Crippen LogP contribution in [0.5, 0.6) is 0 Å². The van der Waals surface area contributed by atoms with E-state index in [1.54, 1.807) is 18.2 Å². The molecule has 0 aliphatic heterocycles. The Kier molecular flexibility index (Phi) is 5.27. The normalized spacial score (nSPS) is 11.0. The second kappa shape index (κ2) is 8.88. The van der Waals surface area contributed by atoms with Gasteiger partial charge in [-0.2, -0.15) is 9.97 Å². The van der Waals surface area contributed by atoms with E-state index >= 15 is 0 Å². The highest BCUT2D eigenvalue weighted by Gasteiger charge is 2.16. The van der Waals surface area contributed by atoms with E-state index in [1.165, 1.54) is 6.07 Å². The van der Waals surface area contributed by atoms with Crippen LogP contribution in [0.15, 0.2) is 116 Å². The van der Waals surface area contributed by atoms with E-state index in [-0.39, 0.29) is 10.6 Å². The van der Waals surface area contributed by atoms with Gasteiger partial charge in [-0.05, 0) is 23.1 Å². The standard InChI is InChI=1S/C29H19N5O2/c35-34(36)26-14-8-7-13-25(26)22-15-16-23-18-33(19-24(23)17-22)29-31-27(20-9-3-1-4-10-20)30-28(32-29)21-11-5-2-6-12-21/h1-19H. The Hall–Kier alpha value is -5.17. The molecule has 7 nitrogen and oxygen atoms in total. The molecule has 2 heterocycles. The van der Waals surface area contributed by atoms with Crippen LogP contribution in [-0.4, -0.2) is 24.4 Å². The van der Waals surface area contributed by atoms with Crippen LogP contribution in [0, 0.1) is 10.1 Å². The first-order chi connectivity index (χ1) is 17.7. The van der Waals surface area contributed by atoms with Gasteiger partial charge in [0.25, 0.3) is 5.69 Å². The Bertz CT molecular complexity index is 1660. The Morgan fingerprint density at radius 3 is 1.83 bits per heavy atom. The Balaban J connectivity index is 1.48. The first-order valence-electron chi connectivity index (χ1n) is 11.4. The van der Waals surface area contributed by atoms with Crippen LogP contribution >= 0.6 is 0 Å². The smallest absolute Gasteiger partial charge is 0.277 e. The minimum Gasteiger partial charge on any atom is -0.291 e. The second-order valence-corrected chi connectivity index (χ2v) is 8.30. The van der Waals surface area contributed by atoms with Gasteiger partial charge in [-0.15, -0.1) is 0 Å². The van der Waals surface area contributed by atoms with Crippen LogP contribution in [0.4, 0.5) is 5.69 Å². The SMILES string of the molecule is O=[N+]([O-])c1ccccc1-c1ccc2cn(-c3nc(-c4ccccc4)nc(-c4ccccc4)n3)cc2c1. The van der Waals surface area contributed by atoms with E-state index in [4.69, 9.17) is 15.0 Å². The van der Waals surface area contributed by atoms with Crippen molar-refractivity contribution in [3.8, 4) is 39.9 Å². The van der Waals surface area contributed by atoms with Crippen LogP contribution in [0.2, 0.25) is 0 Å². The number of nitrogens with zero attached hydrogens (tertiary/aromatic N) is 5. The van der Waals surface area contributed by atoms with Crippen LogP contribution < -0.4 is 0 Å². The van der Waals surface area contributed by atoms with Crippen LogP contribution in [0.3, 0.4) is 0 Å². The van der Waals surface area contributed by atoms with Gasteiger partial charge in [0.1, 0.15) is 0 Å². The zero-order valence-corrected chi connectivity index (χ0v) is 19.0. The molecule has 6 rings (SSSR count). The number of hydrogen-bond acceptors (Lipinski definition) is 5. The molecule has 0 aliphatic rings. The third-order valence-electron chi connectivity index (χ3n) is 5.97. The van der Waals surface area contributed by atoms with Crippen molar-refractivity contribution in [1.82, 2.24) is 19.5 Å². The molecule has 0 amide bonds. The summed E-state index contributed by atoms with van der Waals surface area (Å²) >= 11 is 0. The zero-order valence-electron chi connectivity index (χ0n) is 19.0. The van der Waals surface area contributed by atoms with E-state index in [9.17, 15) is 10.1 Å². The first kappa shape index (κ1) is 21.4. The number of aromatic nitrogens is 4. The number of para-hydroxylation sites is 1. The molecule has 0 radical (unpaired) electrons. The molecular weight excluding hydrogens is 450 g/mol. The predicted octanol–water partition coefficient (Wildman–Crippen LogP) is 6.72. The van der Waals surface area contributed by atoms with Crippen molar-refractivity contribution in [1.29, 1.82) is 0 Å². The molecule has 7 heteroatoms. The van der Waals surface area contributed by atoms with Gasteiger partial charge in [0, 0.05) is 35.0 Å². The highest BCUT2D eigenvalue weighted by molar-refractivity contribution is 5.89. The molecule has 0 aliphatic carbocycles. The van der Waals surface area contributed by atoms with Gasteiger partial charge in [0.2, 0.25) is 5.95 Å². The molecule has 0 bridgehead atoms. The number of benzene rings is 4. The minimum atomic E-state index is -0.355. The lowest BCUT2D eigenvalue weighted by Gasteiger charge is -2.08. The van der Waals surface area contributed by atoms with Gasteiger partial charge < -0.3 is 0 Å². The maximum absolute atomic E-state index is 11.5. The monoisotopic (exact) mass is 469 g/mol. The summed E-state index contributed by atoms with van der Waals surface area (Å²) in [6.45, 7) is 0. The van der Waals surface area contributed by atoms with Gasteiger partial charge in [0.15, 0.2) is 11.6 Å². The number of nitro benzene ring substituents is 1. The Morgan fingerprint density at radius 1 is 0.611 bits per heavy atom. The summed E-state index contributed by atoms with van der Waals surface area (Å²) < 4.78 is 1.87. The van der Waals surface area contributed by atoms with Crippen molar-refractivity contribution >= 4 is 16.5 Å². The molecule has 2 aromatic heterocycles. The second-order valence-electron chi connectivity index (χ2n) is 8.30. The van der Waals surface area contributed by atoms with Crippen LogP contribution in [0.25, 0.3) is 50.6 Å². The zero-order chi connectivity index (χ0) is 24.5. The van der Waals surface area contributed by atoms with E-state index in [2.05, 4.69) is 0 Å². The van der Waals surface area contributed by atoms with Gasteiger partial charge in [-0.1, -0.05) is 84.9 Å². The third-order valence-corrected chi connectivity index (χ3v) is 5.97. The van der Waals surface area contributed by atoms with Gasteiger partial charge in [-0.3, -0.25) is 14.7 Å². The fraction of sp³-hybridized carbons (Fsp3) is 0. The predicted molar refractivity (Wildman–Crippen MR) is 140 cm³/mol. The summed E-state index contributed by atoms with van der Waals surface area (Å²) in [4.78, 5) is 25.4. The summed E-state index contributed by atoms with van der Waals surface area (Å²) in [5.74, 6) is 1.65. The summed E-state index contributed by atoms with van der Waals surface area (Å²) in [5.41, 5.74) is 3.23. The van der Waals surface area contributed by atoms with Crippen LogP contribution in [0.1, 0.15) is 0 Å². The molecule has 0 atom stereocenters. The van der Waals surface area contributed by atoms with Crippen LogP contribution in [-0.2, 0) is 0 Å². The molecule has 0 spiro atoms. The molecule has 0 N–H and O–H groups in total. The molecule has 0 saturated heterocycles. The van der Waals surface area contributed by atoms with E-state index in [0.717, 1.165) is 27.5 Å². The number of nitro groups is 1. The molecular formula is C29H19N5O2. The van der Waals surface area contributed by atoms with Crippen molar-refractivity contribution in [3.05, 3.63) is 126 Å². The molecule has 0 unspecified atom stereocenters. The highest BCUT2D eigenvalue weighted by atomic mass is 16.6. The lowest BCUT2D eigenvalue weighted by Crippen LogP contribution is -2.04. The quantitative estimate of drug-likeness (QED) is 0.206. The van der Waals surface area contributed by atoms with Crippen molar-refractivity contribution < 1.29 is 4.92 Å². The Morgan fingerprint density at radius 2 is 1.19 bits per heavy atom. The molecule has 4 aromatic carbocycles. The largest absolute Gasteiger partial charge is 0.291 e. The van der Waals surface area contributed by atoms with E-state index in [1.807, 2.05) is 95.8 Å². The van der Waals surface area contributed by atoms with E-state index < -0.39 is 0 Å². The topological polar surface area (TPSA) is 86.7 Å². The average molecular weight is 470 g/mol. The highest BCUT2D eigenvalue weighted by Crippen LogP contribution is 2.32. The lowest BCUT2D eigenvalue weighted by molar-refractivity contribution is -0.384. The summed E-state index contributed by atoms with van der Waals surface area (Å²) in [6, 6.07) is 32.2. The fourth-order valence-corrected chi connectivity index (χ4v) is 4.21. The van der Waals surface area contributed by atoms with Crippen molar-refractivity contribution in [2.45, 2.75) is 0 Å². The average Bonchev–Trinajstić information content (AvgIpc) is 3.37. The number of hydrogen-bond donors (Lipinski definition) is 0. The third kappa shape index (κ3) is 3.99. The van der Waals surface area contributed by atoms with Gasteiger partial charge in [-0.25, -0.2) is 4.98 Å². The van der Waals surface area contributed by atoms with Crippen molar-refractivity contribution in [3.63, 3.8) is 0 Å². The number of rotatable bonds is 5. The minimum absolute atomic E-state index is 0.0776. The lowest BCUT2D eigenvalue weighted by atomic mass is 10.0. The van der Waals surface area contributed by atoms with Crippen molar-refractivity contribution in [2.75, 3.05) is 0 Å². The maximum atomic E-state index is 11.5. The Labute approximate surface area is 206 Å². The molecule has 172 valence electrons. The molecule has 0 saturated carbocycles. The van der Waals surface area contributed by atoms with Gasteiger partial charge in [0.05, 0.1) is 10.5 Å². The maximum Gasteiger partial charge on any atom is 0.277 e.